The minimum absolute atomic E-state index is 0.0110. The largest absolute Gasteiger partial charge is 0.357 e. The molecule has 1 aliphatic heterocycles. The zero-order chi connectivity index (χ0) is 17.8. The molecule has 2 N–H and O–H groups in total. The number of aromatic amines is 1. The lowest BCUT2D eigenvalue weighted by Crippen LogP contribution is -2.19. The van der Waals surface area contributed by atoms with Crippen LogP contribution in [0.3, 0.4) is 0 Å². The van der Waals surface area contributed by atoms with Gasteiger partial charge < -0.3 is 15.2 Å². The van der Waals surface area contributed by atoms with Crippen molar-refractivity contribution in [2.75, 3.05) is 23.3 Å². The van der Waals surface area contributed by atoms with Crippen molar-refractivity contribution in [2.24, 2.45) is 0 Å². The number of aromatic nitrogens is 3. The Morgan fingerprint density at radius 2 is 2.00 bits per heavy atom. The lowest BCUT2D eigenvalue weighted by molar-refractivity contribution is -0.116. The highest BCUT2D eigenvalue weighted by atomic mass is 16.1. The summed E-state index contributed by atoms with van der Waals surface area (Å²) in [4.78, 5) is 26.7. The highest BCUT2D eigenvalue weighted by Crippen LogP contribution is 2.19. The van der Waals surface area contributed by atoms with E-state index in [4.69, 9.17) is 0 Å². The molecule has 0 spiro atoms. The van der Waals surface area contributed by atoms with Crippen molar-refractivity contribution in [2.45, 2.75) is 32.1 Å². The summed E-state index contributed by atoms with van der Waals surface area (Å²) in [5, 5.41) is 2.92. The zero-order valence-electron chi connectivity index (χ0n) is 14.7. The Kier molecular flexibility index (Phi) is 4.82. The van der Waals surface area contributed by atoms with Crippen LogP contribution in [0.1, 0.15) is 31.5 Å². The van der Waals surface area contributed by atoms with Crippen LogP contribution in [0, 0.1) is 0 Å². The maximum atomic E-state index is 12.1. The lowest BCUT2D eigenvalue weighted by Gasteiger charge is -2.16. The van der Waals surface area contributed by atoms with Crippen molar-refractivity contribution in [3.05, 3.63) is 48.4 Å². The molecule has 0 bridgehead atoms. The van der Waals surface area contributed by atoms with E-state index in [-0.39, 0.29) is 5.91 Å². The predicted molar refractivity (Wildman–Crippen MR) is 103 cm³/mol. The molecule has 2 aromatic heterocycles. The third-order valence-corrected chi connectivity index (χ3v) is 4.72. The van der Waals surface area contributed by atoms with Crippen LogP contribution in [0.4, 0.5) is 11.5 Å². The molecule has 3 heterocycles. The van der Waals surface area contributed by atoms with Gasteiger partial charge in [0.05, 0.1) is 22.9 Å². The molecule has 0 saturated carbocycles. The molecule has 134 valence electrons. The van der Waals surface area contributed by atoms with Gasteiger partial charge in [0.25, 0.3) is 0 Å². The Balaban J connectivity index is 1.25. The van der Waals surface area contributed by atoms with Gasteiger partial charge in [0.15, 0.2) is 0 Å². The van der Waals surface area contributed by atoms with Gasteiger partial charge in [0, 0.05) is 25.9 Å². The molecule has 6 nitrogen and oxygen atoms in total. The monoisotopic (exact) mass is 349 g/mol. The number of aryl methyl sites for hydroxylation is 1. The van der Waals surface area contributed by atoms with Crippen molar-refractivity contribution >= 4 is 28.4 Å². The second kappa shape index (κ2) is 7.56. The third-order valence-electron chi connectivity index (χ3n) is 4.72. The number of pyridine rings is 1. The summed E-state index contributed by atoms with van der Waals surface area (Å²) in [6.45, 7) is 2.14. The van der Waals surface area contributed by atoms with Gasteiger partial charge in [-0.3, -0.25) is 4.79 Å². The molecule has 6 heteroatoms. The van der Waals surface area contributed by atoms with Gasteiger partial charge in [0.1, 0.15) is 11.6 Å². The van der Waals surface area contributed by atoms with E-state index in [0.29, 0.717) is 6.42 Å². The second-order valence-corrected chi connectivity index (χ2v) is 6.70. The molecule has 1 aliphatic rings. The Morgan fingerprint density at radius 1 is 1.15 bits per heavy atom. The Labute approximate surface area is 152 Å². The molecule has 4 rings (SSSR count). The number of H-pyrrole nitrogens is 1. The van der Waals surface area contributed by atoms with Crippen LogP contribution < -0.4 is 10.2 Å². The van der Waals surface area contributed by atoms with E-state index in [1.807, 2.05) is 36.4 Å². The first-order chi connectivity index (χ1) is 12.8. The number of carbonyl (C=O) groups excluding carboxylic acids is 1. The Bertz CT molecular complexity index is 848. The number of carbonyl (C=O) groups is 1. The zero-order valence-corrected chi connectivity index (χ0v) is 14.7. The van der Waals surface area contributed by atoms with Gasteiger partial charge >= 0.3 is 0 Å². The third kappa shape index (κ3) is 3.85. The summed E-state index contributed by atoms with van der Waals surface area (Å²) >= 11 is 0. The number of fused-ring (bicyclic) bond motifs is 1. The van der Waals surface area contributed by atoms with Crippen LogP contribution >= 0.6 is 0 Å². The van der Waals surface area contributed by atoms with E-state index in [1.54, 1.807) is 6.20 Å². The molecule has 26 heavy (non-hydrogen) atoms. The van der Waals surface area contributed by atoms with Gasteiger partial charge in [-0.05, 0) is 43.5 Å². The number of hydrogen-bond acceptors (Lipinski definition) is 4. The van der Waals surface area contributed by atoms with E-state index >= 15 is 0 Å². The number of benzene rings is 1. The number of nitrogens with one attached hydrogen (secondary N) is 2. The maximum Gasteiger partial charge on any atom is 0.224 e. The van der Waals surface area contributed by atoms with E-state index in [2.05, 4.69) is 25.2 Å². The first kappa shape index (κ1) is 16.6. The molecule has 1 aromatic carbocycles. The predicted octanol–water partition coefficient (Wildman–Crippen LogP) is 3.52. The van der Waals surface area contributed by atoms with Gasteiger partial charge in [-0.25, -0.2) is 9.97 Å². The summed E-state index contributed by atoms with van der Waals surface area (Å²) in [5.74, 6) is 1.93. The van der Waals surface area contributed by atoms with Gasteiger partial charge in [-0.15, -0.1) is 0 Å². The van der Waals surface area contributed by atoms with Crippen LogP contribution in [-0.2, 0) is 11.2 Å². The molecule has 3 aromatic rings. The summed E-state index contributed by atoms with van der Waals surface area (Å²) < 4.78 is 0. The van der Waals surface area contributed by atoms with Gasteiger partial charge in [-0.2, -0.15) is 0 Å². The average molecular weight is 349 g/mol. The Hall–Kier alpha value is -2.89. The fourth-order valence-electron chi connectivity index (χ4n) is 3.36. The fraction of sp³-hybridized carbons (Fsp3) is 0.350. The molecular formula is C20H23N5O. The molecule has 0 aliphatic carbocycles. The van der Waals surface area contributed by atoms with Gasteiger partial charge in [0.2, 0.25) is 5.91 Å². The molecule has 1 amide bonds. The van der Waals surface area contributed by atoms with Crippen LogP contribution in [0.2, 0.25) is 0 Å². The quantitative estimate of drug-likeness (QED) is 0.714. The first-order valence-electron chi connectivity index (χ1n) is 9.22. The molecule has 1 fully saturated rings. The second-order valence-electron chi connectivity index (χ2n) is 6.70. The van der Waals surface area contributed by atoms with Crippen molar-refractivity contribution in [3.63, 3.8) is 0 Å². The minimum Gasteiger partial charge on any atom is -0.357 e. The van der Waals surface area contributed by atoms with Crippen LogP contribution in [0.25, 0.3) is 11.0 Å². The number of rotatable bonds is 6. The molecule has 0 atom stereocenters. The van der Waals surface area contributed by atoms with E-state index < -0.39 is 0 Å². The number of para-hydroxylation sites is 2. The van der Waals surface area contributed by atoms with E-state index in [0.717, 1.165) is 54.3 Å². The standard InChI is InChI=1S/C20H23N5O/c26-20(9-5-8-18-23-16-6-1-2-7-17(16)24-18)22-15-10-11-19(21-14-15)25-12-3-4-13-25/h1-2,6-7,10-11,14H,3-5,8-9,12-13H2,(H,22,26)(H,23,24). The van der Waals surface area contributed by atoms with E-state index in [1.165, 1.54) is 12.8 Å². The molecule has 1 saturated heterocycles. The summed E-state index contributed by atoms with van der Waals surface area (Å²) in [7, 11) is 0. The highest BCUT2D eigenvalue weighted by molar-refractivity contribution is 5.90. The van der Waals surface area contributed by atoms with Crippen molar-refractivity contribution in [3.8, 4) is 0 Å². The number of nitrogens with zero attached hydrogens (tertiary/aromatic N) is 3. The smallest absolute Gasteiger partial charge is 0.224 e. The highest BCUT2D eigenvalue weighted by Gasteiger charge is 2.13. The number of hydrogen-bond donors (Lipinski definition) is 2. The Morgan fingerprint density at radius 3 is 2.77 bits per heavy atom. The summed E-state index contributed by atoms with van der Waals surface area (Å²) in [6, 6.07) is 11.9. The van der Waals surface area contributed by atoms with Crippen molar-refractivity contribution < 1.29 is 4.79 Å². The van der Waals surface area contributed by atoms with Gasteiger partial charge in [-0.1, -0.05) is 12.1 Å². The lowest BCUT2D eigenvalue weighted by atomic mass is 10.2. The SMILES string of the molecule is O=C(CCCc1nc2ccccc2[nH]1)Nc1ccc(N2CCCC2)nc1. The summed E-state index contributed by atoms with van der Waals surface area (Å²) in [6.07, 6.45) is 6.17. The number of anilines is 2. The molecule has 0 unspecified atom stereocenters. The normalized spacial score (nSPS) is 14.1. The van der Waals surface area contributed by atoms with Crippen LogP contribution in [-0.4, -0.2) is 33.9 Å². The van der Waals surface area contributed by atoms with Crippen molar-refractivity contribution in [1.29, 1.82) is 0 Å². The first-order valence-corrected chi connectivity index (χ1v) is 9.22. The fourth-order valence-corrected chi connectivity index (χ4v) is 3.36. The minimum atomic E-state index is 0.0110. The van der Waals surface area contributed by atoms with E-state index in [9.17, 15) is 4.79 Å². The number of imidazole rings is 1. The van der Waals surface area contributed by atoms with Crippen molar-refractivity contribution in [1.82, 2.24) is 15.0 Å². The molecule has 0 radical (unpaired) electrons. The maximum absolute atomic E-state index is 12.1. The topological polar surface area (TPSA) is 73.9 Å². The summed E-state index contributed by atoms with van der Waals surface area (Å²) in [5.41, 5.74) is 2.76. The molecular weight excluding hydrogens is 326 g/mol. The number of amides is 1. The van der Waals surface area contributed by atoms with Crippen LogP contribution in [0.15, 0.2) is 42.6 Å². The van der Waals surface area contributed by atoms with Crippen LogP contribution in [0.5, 0.6) is 0 Å². The average Bonchev–Trinajstić information content (AvgIpc) is 3.32.